The van der Waals surface area contributed by atoms with Crippen LogP contribution in [0.2, 0.25) is 0 Å². The molecule has 1 unspecified atom stereocenters. The highest BCUT2D eigenvalue weighted by Gasteiger charge is 2.16. The summed E-state index contributed by atoms with van der Waals surface area (Å²) < 4.78 is 0. The Hall–Kier alpha value is -0.880. The monoisotopic (exact) mass is 254 g/mol. The van der Waals surface area contributed by atoms with Gasteiger partial charge in [0.1, 0.15) is 10.7 Å². The van der Waals surface area contributed by atoms with E-state index in [4.69, 9.17) is 18.0 Å². The van der Waals surface area contributed by atoms with Crippen molar-refractivity contribution in [2.45, 2.75) is 19.4 Å². The van der Waals surface area contributed by atoms with Crippen molar-refractivity contribution in [2.75, 3.05) is 16.8 Å². The van der Waals surface area contributed by atoms with Crippen molar-refractivity contribution in [3.63, 3.8) is 0 Å². The first-order chi connectivity index (χ1) is 7.65. The van der Waals surface area contributed by atoms with Crippen molar-refractivity contribution in [1.82, 2.24) is 9.97 Å². The molecule has 1 aliphatic rings. The smallest absolute Gasteiger partial charge is 0.223 e. The maximum absolute atomic E-state index is 5.57. The molecule has 4 nitrogen and oxygen atoms in total. The molecule has 0 bridgehead atoms. The fourth-order valence-electron chi connectivity index (χ4n) is 1.59. The number of aromatic nitrogens is 2. The van der Waals surface area contributed by atoms with Gasteiger partial charge in [-0.05, 0) is 25.2 Å². The summed E-state index contributed by atoms with van der Waals surface area (Å²) in [6.45, 7) is 1.91. The zero-order valence-electron chi connectivity index (χ0n) is 9.06. The Balaban J connectivity index is 2.16. The second kappa shape index (κ2) is 4.97. The topological polar surface area (TPSA) is 63.8 Å². The van der Waals surface area contributed by atoms with Crippen LogP contribution in [0.3, 0.4) is 0 Å². The van der Waals surface area contributed by atoms with E-state index in [-0.39, 0.29) is 0 Å². The Kier molecular flexibility index (Phi) is 3.60. The third-order valence-electron chi connectivity index (χ3n) is 2.37. The lowest BCUT2D eigenvalue weighted by Gasteiger charge is -2.12. The maximum atomic E-state index is 5.57. The third-order valence-corrected chi connectivity index (χ3v) is 3.74. The van der Waals surface area contributed by atoms with Crippen LogP contribution < -0.4 is 11.1 Å². The van der Waals surface area contributed by atoms with Gasteiger partial charge in [0.25, 0.3) is 0 Å². The van der Waals surface area contributed by atoms with Crippen LogP contribution in [0.15, 0.2) is 6.07 Å². The first kappa shape index (κ1) is 11.6. The molecule has 1 aliphatic heterocycles. The van der Waals surface area contributed by atoms with Gasteiger partial charge in [-0.2, -0.15) is 11.8 Å². The number of aryl methyl sites for hydroxylation is 1. The number of hydrogen-bond donors (Lipinski definition) is 2. The summed E-state index contributed by atoms with van der Waals surface area (Å²) in [4.78, 5) is 8.95. The third kappa shape index (κ3) is 2.82. The van der Waals surface area contributed by atoms with Gasteiger partial charge in [0.15, 0.2) is 0 Å². The molecule has 0 spiro atoms. The van der Waals surface area contributed by atoms with Crippen LogP contribution in [0.4, 0.5) is 5.95 Å². The minimum atomic E-state index is 0.314. The average Bonchev–Trinajstić information content (AvgIpc) is 2.69. The van der Waals surface area contributed by atoms with Gasteiger partial charge < -0.3 is 11.1 Å². The summed E-state index contributed by atoms with van der Waals surface area (Å²) in [6, 6.07) is 2.27. The van der Waals surface area contributed by atoms with E-state index in [9.17, 15) is 0 Å². The zero-order chi connectivity index (χ0) is 11.5. The zero-order valence-corrected chi connectivity index (χ0v) is 10.7. The van der Waals surface area contributed by atoms with Crippen LogP contribution in [0.25, 0.3) is 0 Å². The SMILES string of the molecule is Cc1cc(C(N)=S)nc(NC2CCSC2)n1. The van der Waals surface area contributed by atoms with Crippen molar-refractivity contribution in [3.05, 3.63) is 17.5 Å². The Bertz CT molecular complexity index is 402. The molecule has 2 rings (SSSR count). The van der Waals surface area contributed by atoms with E-state index in [0.717, 1.165) is 17.9 Å². The number of nitrogens with two attached hydrogens (primary N) is 1. The van der Waals surface area contributed by atoms with Crippen LogP contribution in [0.1, 0.15) is 17.8 Å². The summed E-state index contributed by atoms with van der Waals surface area (Å²) in [5.41, 5.74) is 7.08. The molecule has 0 saturated carbocycles. The largest absolute Gasteiger partial charge is 0.388 e. The standard InChI is InChI=1S/C10H14N4S2/c1-6-4-8(9(11)15)14-10(12-6)13-7-2-3-16-5-7/h4,7H,2-3,5H2,1H3,(H2,11,15)(H,12,13,14). The van der Waals surface area contributed by atoms with Crippen LogP contribution >= 0.6 is 24.0 Å². The normalized spacial score (nSPS) is 19.7. The number of rotatable bonds is 3. The van der Waals surface area contributed by atoms with Crippen LogP contribution in [0, 0.1) is 6.92 Å². The highest BCUT2D eigenvalue weighted by atomic mass is 32.2. The number of thiocarbonyl (C=S) groups is 1. The van der Waals surface area contributed by atoms with Gasteiger partial charge in [0.2, 0.25) is 5.95 Å². The highest BCUT2D eigenvalue weighted by Crippen LogP contribution is 2.20. The van der Waals surface area contributed by atoms with Crippen molar-refractivity contribution in [1.29, 1.82) is 0 Å². The van der Waals surface area contributed by atoms with E-state index in [1.165, 1.54) is 5.75 Å². The summed E-state index contributed by atoms with van der Waals surface area (Å²) >= 11 is 6.87. The predicted molar refractivity (Wildman–Crippen MR) is 72.0 cm³/mol. The summed E-state index contributed by atoms with van der Waals surface area (Å²) in [5, 5.41) is 3.32. The lowest BCUT2D eigenvalue weighted by Crippen LogP contribution is -2.21. The first-order valence-electron chi connectivity index (χ1n) is 5.15. The molecule has 1 saturated heterocycles. The van der Waals surface area contributed by atoms with Gasteiger partial charge in [-0.25, -0.2) is 9.97 Å². The Morgan fingerprint density at radius 1 is 1.62 bits per heavy atom. The minimum Gasteiger partial charge on any atom is -0.388 e. The molecule has 1 fully saturated rings. The molecular formula is C10H14N4S2. The molecule has 0 aliphatic carbocycles. The van der Waals surface area contributed by atoms with E-state index in [1.54, 1.807) is 6.07 Å². The van der Waals surface area contributed by atoms with Gasteiger partial charge >= 0.3 is 0 Å². The molecule has 1 atom stereocenters. The molecule has 0 aromatic carbocycles. The Labute approximate surface area is 104 Å². The second-order valence-corrected chi connectivity index (χ2v) is 5.38. The molecule has 1 aromatic rings. The van der Waals surface area contributed by atoms with E-state index in [1.807, 2.05) is 18.7 Å². The van der Waals surface area contributed by atoms with Crippen molar-refractivity contribution >= 4 is 34.9 Å². The molecular weight excluding hydrogens is 240 g/mol. The van der Waals surface area contributed by atoms with Gasteiger partial charge in [-0.15, -0.1) is 0 Å². The van der Waals surface area contributed by atoms with Crippen molar-refractivity contribution in [3.8, 4) is 0 Å². The fourth-order valence-corrected chi connectivity index (χ4v) is 2.85. The average molecular weight is 254 g/mol. The number of hydrogen-bond acceptors (Lipinski definition) is 5. The quantitative estimate of drug-likeness (QED) is 0.794. The van der Waals surface area contributed by atoms with E-state index in [2.05, 4.69) is 15.3 Å². The number of thioether (sulfide) groups is 1. The van der Waals surface area contributed by atoms with E-state index >= 15 is 0 Å². The van der Waals surface area contributed by atoms with Crippen LogP contribution in [0.5, 0.6) is 0 Å². The molecule has 16 heavy (non-hydrogen) atoms. The van der Waals surface area contributed by atoms with E-state index in [0.29, 0.717) is 22.7 Å². The van der Waals surface area contributed by atoms with Crippen LogP contribution in [-0.2, 0) is 0 Å². The molecule has 86 valence electrons. The Morgan fingerprint density at radius 3 is 3.06 bits per heavy atom. The van der Waals surface area contributed by atoms with Gasteiger partial charge in [-0.1, -0.05) is 12.2 Å². The highest BCUT2D eigenvalue weighted by molar-refractivity contribution is 7.99. The van der Waals surface area contributed by atoms with E-state index < -0.39 is 0 Å². The second-order valence-electron chi connectivity index (χ2n) is 3.79. The molecule has 2 heterocycles. The summed E-state index contributed by atoms with van der Waals surface area (Å²) in [5.74, 6) is 2.95. The number of nitrogens with one attached hydrogen (secondary N) is 1. The van der Waals surface area contributed by atoms with Gasteiger partial charge in [0, 0.05) is 17.5 Å². The lowest BCUT2D eigenvalue weighted by molar-refractivity contribution is 0.796. The van der Waals surface area contributed by atoms with Crippen LogP contribution in [-0.4, -0.2) is 32.5 Å². The molecule has 1 aromatic heterocycles. The first-order valence-corrected chi connectivity index (χ1v) is 6.71. The summed E-state index contributed by atoms with van der Waals surface area (Å²) in [7, 11) is 0. The number of anilines is 1. The summed E-state index contributed by atoms with van der Waals surface area (Å²) in [6.07, 6.45) is 1.16. The Morgan fingerprint density at radius 2 is 2.44 bits per heavy atom. The molecule has 0 radical (unpaired) electrons. The molecule has 6 heteroatoms. The van der Waals surface area contributed by atoms with Gasteiger partial charge in [-0.3, -0.25) is 0 Å². The predicted octanol–water partition coefficient (Wildman–Crippen LogP) is 1.34. The fraction of sp³-hybridized carbons (Fsp3) is 0.500. The van der Waals surface area contributed by atoms with Crippen molar-refractivity contribution in [2.24, 2.45) is 5.73 Å². The van der Waals surface area contributed by atoms with Gasteiger partial charge in [0.05, 0.1) is 0 Å². The molecule has 0 amide bonds. The molecule has 3 N–H and O–H groups in total. The van der Waals surface area contributed by atoms with Crippen molar-refractivity contribution < 1.29 is 0 Å². The minimum absolute atomic E-state index is 0.314. The maximum Gasteiger partial charge on any atom is 0.223 e. The lowest BCUT2D eigenvalue weighted by atomic mass is 10.3. The number of nitrogens with zero attached hydrogens (tertiary/aromatic N) is 2.